The Morgan fingerprint density at radius 3 is 2.96 bits per heavy atom. The van der Waals surface area contributed by atoms with Gasteiger partial charge in [-0.2, -0.15) is 4.98 Å². The van der Waals surface area contributed by atoms with Crippen LogP contribution in [0.2, 0.25) is 0 Å². The molecule has 6 nitrogen and oxygen atoms in total. The van der Waals surface area contributed by atoms with Crippen molar-refractivity contribution >= 4 is 5.91 Å². The van der Waals surface area contributed by atoms with Crippen LogP contribution >= 0.6 is 0 Å². The molecule has 0 bridgehead atoms. The number of ether oxygens (including phenoxy) is 1. The van der Waals surface area contributed by atoms with Gasteiger partial charge in [-0.05, 0) is 12.0 Å². The number of rotatable bonds is 6. The van der Waals surface area contributed by atoms with Gasteiger partial charge >= 0.3 is 0 Å². The zero-order valence-corrected chi connectivity index (χ0v) is 13.3. The molecule has 0 spiro atoms. The zero-order chi connectivity index (χ0) is 16.1. The molecule has 1 aromatic carbocycles. The number of benzene rings is 1. The second-order valence-corrected chi connectivity index (χ2v) is 5.70. The van der Waals surface area contributed by atoms with E-state index in [1.165, 1.54) is 0 Å². The molecule has 1 amide bonds. The maximum atomic E-state index is 11.7. The van der Waals surface area contributed by atoms with Crippen molar-refractivity contribution in [2.24, 2.45) is 0 Å². The third-order valence-corrected chi connectivity index (χ3v) is 4.03. The van der Waals surface area contributed by atoms with Gasteiger partial charge in [-0.3, -0.25) is 4.79 Å². The summed E-state index contributed by atoms with van der Waals surface area (Å²) in [5.74, 6) is 1.51. The van der Waals surface area contributed by atoms with Crippen molar-refractivity contribution in [3.8, 4) is 0 Å². The van der Waals surface area contributed by atoms with Crippen molar-refractivity contribution in [1.82, 2.24) is 15.0 Å². The normalized spacial score (nSPS) is 17.6. The van der Waals surface area contributed by atoms with Crippen LogP contribution in [0.4, 0.5) is 0 Å². The lowest BCUT2D eigenvalue weighted by Crippen LogP contribution is -2.27. The van der Waals surface area contributed by atoms with Crippen LogP contribution in [0.5, 0.6) is 0 Å². The van der Waals surface area contributed by atoms with Gasteiger partial charge in [0.1, 0.15) is 6.61 Å². The quantitative estimate of drug-likeness (QED) is 0.819. The number of amides is 1. The number of hydrogen-bond donors (Lipinski definition) is 0. The van der Waals surface area contributed by atoms with E-state index in [1.54, 1.807) is 0 Å². The summed E-state index contributed by atoms with van der Waals surface area (Å²) in [5, 5.41) is 4.04. The standard InChI is InChI=1S/C17H21N3O3/c1-2-16(21)20-9-8-14(10-20)17-18-15(23-19-17)12-22-11-13-6-4-3-5-7-13/h3-7,14H,2,8-12H2,1H3. The fourth-order valence-corrected chi connectivity index (χ4v) is 2.74. The molecule has 2 aromatic rings. The predicted molar refractivity (Wildman–Crippen MR) is 83.5 cm³/mol. The van der Waals surface area contributed by atoms with E-state index >= 15 is 0 Å². The van der Waals surface area contributed by atoms with Gasteiger partial charge in [0, 0.05) is 25.4 Å². The summed E-state index contributed by atoms with van der Waals surface area (Å²) in [6.07, 6.45) is 1.42. The predicted octanol–water partition coefficient (Wildman–Crippen LogP) is 2.51. The molecule has 0 saturated carbocycles. The van der Waals surface area contributed by atoms with E-state index in [9.17, 15) is 4.79 Å². The molecule has 2 heterocycles. The van der Waals surface area contributed by atoms with Gasteiger partial charge in [-0.1, -0.05) is 42.4 Å². The van der Waals surface area contributed by atoms with Crippen LogP contribution < -0.4 is 0 Å². The van der Waals surface area contributed by atoms with Gasteiger partial charge in [-0.15, -0.1) is 0 Å². The highest BCUT2D eigenvalue weighted by atomic mass is 16.5. The van der Waals surface area contributed by atoms with E-state index in [1.807, 2.05) is 42.2 Å². The molecule has 1 aliphatic heterocycles. The topological polar surface area (TPSA) is 68.5 Å². The molecular weight excluding hydrogens is 294 g/mol. The van der Waals surface area contributed by atoms with Gasteiger partial charge in [0.25, 0.3) is 5.89 Å². The van der Waals surface area contributed by atoms with E-state index in [0.717, 1.165) is 18.5 Å². The molecule has 3 rings (SSSR count). The van der Waals surface area contributed by atoms with Crippen LogP contribution in [0, 0.1) is 0 Å². The molecule has 1 unspecified atom stereocenters. The summed E-state index contributed by atoms with van der Waals surface area (Å²) < 4.78 is 10.8. The van der Waals surface area contributed by atoms with Crippen LogP contribution in [0.1, 0.15) is 43.0 Å². The second-order valence-electron chi connectivity index (χ2n) is 5.70. The Hall–Kier alpha value is -2.21. The van der Waals surface area contributed by atoms with Crippen LogP contribution in [-0.4, -0.2) is 34.0 Å². The Balaban J connectivity index is 1.49. The maximum Gasteiger partial charge on any atom is 0.252 e. The fourth-order valence-electron chi connectivity index (χ4n) is 2.74. The number of carbonyl (C=O) groups excluding carboxylic acids is 1. The molecule has 1 fully saturated rings. The van der Waals surface area contributed by atoms with Gasteiger partial charge in [0.2, 0.25) is 5.91 Å². The van der Waals surface area contributed by atoms with Gasteiger partial charge < -0.3 is 14.2 Å². The molecule has 1 aromatic heterocycles. The summed E-state index contributed by atoms with van der Waals surface area (Å²) in [5.41, 5.74) is 1.11. The number of carbonyl (C=O) groups is 1. The number of hydrogen-bond acceptors (Lipinski definition) is 5. The molecule has 0 N–H and O–H groups in total. The van der Waals surface area contributed by atoms with E-state index in [-0.39, 0.29) is 11.8 Å². The van der Waals surface area contributed by atoms with Crippen LogP contribution in [0.3, 0.4) is 0 Å². The fraction of sp³-hybridized carbons (Fsp3) is 0.471. The van der Waals surface area contributed by atoms with Crippen molar-refractivity contribution in [1.29, 1.82) is 0 Å². The zero-order valence-electron chi connectivity index (χ0n) is 13.3. The lowest BCUT2D eigenvalue weighted by molar-refractivity contribution is -0.129. The molecule has 1 aliphatic rings. The molecule has 23 heavy (non-hydrogen) atoms. The Labute approximate surface area is 135 Å². The average molecular weight is 315 g/mol. The van der Waals surface area contributed by atoms with Crippen molar-refractivity contribution in [2.75, 3.05) is 13.1 Å². The molecule has 1 saturated heterocycles. The summed E-state index contributed by atoms with van der Waals surface area (Å²) in [4.78, 5) is 18.0. The maximum absolute atomic E-state index is 11.7. The third-order valence-electron chi connectivity index (χ3n) is 4.03. The Kier molecular flexibility index (Phi) is 5.02. The largest absolute Gasteiger partial charge is 0.367 e. The smallest absolute Gasteiger partial charge is 0.252 e. The first-order valence-electron chi connectivity index (χ1n) is 7.98. The highest BCUT2D eigenvalue weighted by Crippen LogP contribution is 2.25. The van der Waals surface area contributed by atoms with E-state index in [0.29, 0.717) is 37.9 Å². The number of likely N-dealkylation sites (tertiary alicyclic amines) is 1. The second kappa shape index (κ2) is 7.37. The number of nitrogens with zero attached hydrogens (tertiary/aromatic N) is 3. The molecular formula is C17H21N3O3. The van der Waals surface area contributed by atoms with Crippen molar-refractivity contribution < 1.29 is 14.1 Å². The van der Waals surface area contributed by atoms with Crippen LogP contribution in [0.25, 0.3) is 0 Å². The summed E-state index contributed by atoms with van der Waals surface area (Å²) >= 11 is 0. The van der Waals surface area contributed by atoms with Gasteiger partial charge in [0.05, 0.1) is 6.61 Å². The van der Waals surface area contributed by atoms with Crippen molar-refractivity contribution in [3.05, 3.63) is 47.6 Å². The van der Waals surface area contributed by atoms with Crippen molar-refractivity contribution in [2.45, 2.75) is 38.9 Å². The molecule has 122 valence electrons. The minimum atomic E-state index is 0.164. The highest BCUT2D eigenvalue weighted by molar-refractivity contribution is 5.76. The molecule has 1 atom stereocenters. The Morgan fingerprint density at radius 2 is 2.17 bits per heavy atom. The lowest BCUT2D eigenvalue weighted by Gasteiger charge is -2.14. The minimum Gasteiger partial charge on any atom is -0.367 e. The summed E-state index contributed by atoms with van der Waals surface area (Å²) in [6, 6.07) is 9.95. The first kappa shape index (κ1) is 15.7. The first-order chi connectivity index (χ1) is 11.3. The minimum absolute atomic E-state index is 0.164. The van der Waals surface area contributed by atoms with Crippen molar-refractivity contribution in [3.63, 3.8) is 0 Å². The van der Waals surface area contributed by atoms with Gasteiger partial charge in [-0.25, -0.2) is 0 Å². The number of aromatic nitrogens is 2. The first-order valence-corrected chi connectivity index (χ1v) is 7.98. The van der Waals surface area contributed by atoms with E-state index < -0.39 is 0 Å². The summed E-state index contributed by atoms with van der Waals surface area (Å²) in [6.45, 7) is 4.14. The van der Waals surface area contributed by atoms with E-state index in [2.05, 4.69) is 10.1 Å². The molecule has 6 heteroatoms. The Morgan fingerprint density at radius 1 is 1.35 bits per heavy atom. The highest BCUT2D eigenvalue weighted by Gasteiger charge is 2.29. The van der Waals surface area contributed by atoms with Crippen LogP contribution in [0.15, 0.2) is 34.9 Å². The van der Waals surface area contributed by atoms with Crippen LogP contribution in [-0.2, 0) is 22.7 Å². The monoisotopic (exact) mass is 315 g/mol. The molecule has 0 aliphatic carbocycles. The summed E-state index contributed by atoms with van der Waals surface area (Å²) in [7, 11) is 0. The van der Waals surface area contributed by atoms with Gasteiger partial charge in [0.15, 0.2) is 5.82 Å². The SMILES string of the molecule is CCC(=O)N1CCC(c2noc(COCc3ccccc3)n2)C1. The van der Waals surface area contributed by atoms with E-state index in [4.69, 9.17) is 9.26 Å². The Bertz CT molecular complexity index is 642. The average Bonchev–Trinajstić information content (AvgIpc) is 3.24. The molecule has 0 radical (unpaired) electrons. The third kappa shape index (κ3) is 3.96. The lowest BCUT2D eigenvalue weighted by atomic mass is 10.1.